The van der Waals surface area contributed by atoms with Crippen molar-refractivity contribution in [1.82, 2.24) is 15.0 Å². The highest BCUT2D eigenvalue weighted by Gasteiger charge is 2.26. The molecule has 0 unspecified atom stereocenters. The summed E-state index contributed by atoms with van der Waals surface area (Å²) >= 11 is 1.60. The number of ether oxygens (including phenoxy) is 1. The van der Waals surface area contributed by atoms with Gasteiger partial charge in [-0.25, -0.2) is 15.0 Å². The van der Waals surface area contributed by atoms with Crippen LogP contribution < -0.4 is 4.90 Å². The van der Waals surface area contributed by atoms with Gasteiger partial charge in [-0.2, -0.15) is 0 Å². The second-order valence-corrected chi connectivity index (χ2v) is 5.71. The summed E-state index contributed by atoms with van der Waals surface area (Å²) in [5.74, 6) is 1.53. The van der Waals surface area contributed by atoms with Gasteiger partial charge in [0.25, 0.3) is 0 Å². The Hall–Kier alpha value is -2.38. The maximum Gasteiger partial charge on any atom is 0.181 e. The summed E-state index contributed by atoms with van der Waals surface area (Å²) in [7, 11) is 1.66. The van der Waals surface area contributed by atoms with Crippen LogP contribution in [0.15, 0.2) is 57.5 Å². The zero-order valence-corrected chi connectivity index (χ0v) is 12.6. The van der Waals surface area contributed by atoms with E-state index in [0.717, 1.165) is 32.8 Å². The van der Waals surface area contributed by atoms with Gasteiger partial charge in [-0.05, 0) is 18.2 Å². The first-order valence-corrected chi connectivity index (χ1v) is 7.46. The van der Waals surface area contributed by atoms with Crippen molar-refractivity contribution in [2.24, 2.45) is 0 Å². The average molecular weight is 312 g/mol. The molecule has 7 heteroatoms. The Bertz CT molecular complexity index is 807. The molecule has 0 saturated heterocycles. The molecule has 4 rings (SSSR count). The topological polar surface area (TPSA) is 64.3 Å². The smallest absolute Gasteiger partial charge is 0.181 e. The van der Waals surface area contributed by atoms with E-state index in [1.54, 1.807) is 37.5 Å². The third-order valence-electron chi connectivity index (χ3n) is 3.33. The number of nitrogens with zero attached hydrogens (tertiary/aromatic N) is 4. The molecule has 0 N–H and O–H groups in total. The van der Waals surface area contributed by atoms with Crippen molar-refractivity contribution in [2.75, 3.05) is 18.7 Å². The van der Waals surface area contributed by atoms with Crippen LogP contribution >= 0.6 is 11.8 Å². The highest BCUT2D eigenvalue weighted by molar-refractivity contribution is 7.99. The number of methoxy groups -OCH3 is 1. The number of anilines is 2. The zero-order valence-electron chi connectivity index (χ0n) is 11.8. The van der Waals surface area contributed by atoms with Gasteiger partial charge in [-0.1, -0.05) is 11.8 Å². The Kier molecular flexibility index (Phi) is 3.28. The van der Waals surface area contributed by atoms with Crippen LogP contribution in [0.25, 0.3) is 11.3 Å². The van der Waals surface area contributed by atoms with Crippen molar-refractivity contribution in [1.29, 1.82) is 0 Å². The minimum atomic E-state index is 0.402. The molecule has 110 valence electrons. The number of fused-ring (bicyclic) bond motifs is 2. The summed E-state index contributed by atoms with van der Waals surface area (Å²) < 4.78 is 10.7. The molecule has 3 heterocycles. The number of hydrogen-bond donors (Lipinski definition) is 0. The quantitative estimate of drug-likeness (QED) is 0.735. The molecule has 0 spiro atoms. The summed E-state index contributed by atoms with van der Waals surface area (Å²) in [6.07, 6.45) is 6.52. The van der Waals surface area contributed by atoms with Crippen LogP contribution in [0.2, 0.25) is 0 Å². The Morgan fingerprint density at radius 2 is 2.18 bits per heavy atom. The molecule has 0 radical (unpaired) electrons. The van der Waals surface area contributed by atoms with Gasteiger partial charge in [0.15, 0.2) is 18.0 Å². The molecule has 3 aromatic rings. The minimum Gasteiger partial charge on any atom is -0.444 e. The summed E-state index contributed by atoms with van der Waals surface area (Å²) in [6.45, 7) is 0.402. The summed E-state index contributed by atoms with van der Waals surface area (Å²) in [5, 5.41) is 0.875. The molecule has 1 aliphatic heterocycles. The van der Waals surface area contributed by atoms with Crippen LogP contribution in [-0.2, 0) is 4.74 Å². The maximum absolute atomic E-state index is 5.38. The van der Waals surface area contributed by atoms with E-state index in [9.17, 15) is 0 Å². The van der Waals surface area contributed by atoms with Gasteiger partial charge in [0.1, 0.15) is 11.8 Å². The van der Waals surface area contributed by atoms with Crippen molar-refractivity contribution >= 4 is 23.3 Å². The lowest BCUT2D eigenvalue weighted by molar-refractivity contribution is 0.205. The molecule has 0 atom stereocenters. The van der Waals surface area contributed by atoms with Crippen molar-refractivity contribution in [3.63, 3.8) is 0 Å². The standard InChI is InChI=1S/C15H12N4O2S/c1-20-9-19-11-6-10(12-7-16-8-21-12)2-3-13(11)22-15-14(19)17-4-5-18-15/h2-8H,9H2,1H3. The molecule has 0 saturated carbocycles. The fraction of sp³-hybridized carbons (Fsp3) is 0.133. The van der Waals surface area contributed by atoms with Gasteiger partial charge >= 0.3 is 0 Å². The molecule has 0 bridgehead atoms. The molecule has 1 aliphatic rings. The number of oxazole rings is 1. The van der Waals surface area contributed by atoms with E-state index in [1.165, 1.54) is 6.39 Å². The van der Waals surface area contributed by atoms with Crippen molar-refractivity contribution in [3.8, 4) is 11.3 Å². The highest BCUT2D eigenvalue weighted by atomic mass is 32.2. The third-order valence-corrected chi connectivity index (χ3v) is 4.38. The molecular weight excluding hydrogens is 300 g/mol. The lowest BCUT2D eigenvalue weighted by atomic mass is 10.1. The molecular formula is C15H12N4O2S. The number of benzene rings is 1. The lowest BCUT2D eigenvalue weighted by Crippen LogP contribution is -2.24. The van der Waals surface area contributed by atoms with Crippen LogP contribution in [0.1, 0.15) is 0 Å². The minimum absolute atomic E-state index is 0.402. The van der Waals surface area contributed by atoms with E-state index >= 15 is 0 Å². The maximum atomic E-state index is 5.38. The van der Waals surface area contributed by atoms with Crippen molar-refractivity contribution in [3.05, 3.63) is 43.2 Å². The molecule has 0 fully saturated rings. The number of hydrogen-bond acceptors (Lipinski definition) is 7. The van der Waals surface area contributed by atoms with Gasteiger partial charge in [0.05, 0.1) is 11.9 Å². The Labute approximate surface area is 131 Å². The van der Waals surface area contributed by atoms with Gasteiger partial charge < -0.3 is 9.15 Å². The Morgan fingerprint density at radius 1 is 1.27 bits per heavy atom. The zero-order chi connectivity index (χ0) is 14.9. The number of rotatable bonds is 3. The van der Waals surface area contributed by atoms with Gasteiger partial charge in [-0.15, -0.1) is 0 Å². The van der Waals surface area contributed by atoms with Gasteiger partial charge in [0, 0.05) is 30.0 Å². The normalized spacial score (nSPS) is 12.9. The first-order chi connectivity index (χ1) is 10.9. The van der Waals surface area contributed by atoms with E-state index < -0.39 is 0 Å². The predicted molar refractivity (Wildman–Crippen MR) is 82.1 cm³/mol. The highest BCUT2D eigenvalue weighted by Crippen LogP contribution is 2.47. The van der Waals surface area contributed by atoms with Gasteiger partial charge in [-0.3, -0.25) is 4.90 Å². The van der Waals surface area contributed by atoms with E-state index in [0.29, 0.717) is 6.73 Å². The van der Waals surface area contributed by atoms with E-state index in [1.807, 2.05) is 11.0 Å². The Morgan fingerprint density at radius 3 is 3.00 bits per heavy atom. The third kappa shape index (κ3) is 2.15. The average Bonchev–Trinajstić information content (AvgIpc) is 3.09. The fourth-order valence-corrected chi connectivity index (χ4v) is 3.37. The first kappa shape index (κ1) is 13.3. The summed E-state index contributed by atoms with van der Waals surface area (Å²) in [6, 6.07) is 6.12. The molecule has 2 aromatic heterocycles. The molecule has 6 nitrogen and oxygen atoms in total. The van der Waals surface area contributed by atoms with Crippen LogP contribution in [0.5, 0.6) is 0 Å². The fourth-order valence-electron chi connectivity index (χ4n) is 2.38. The van der Waals surface area contributed by atoms with Crippen molar-refractivity contribution in [2.45, 2.75) is 9.92 Å². The SMILES string of the molecule is COCN1c2cc(-c3cnco3)ccc2Sc2nccnc21. The Balaban J connectivity index is 1.84. The van der Waals surface area contributed by atoms with E-state index in [4.69, 9.17) is 9.15 Å². The second kappa shape index (κ2) is 5.43. The molecule has 0 aliphatic carbocycles. The largest absolute Gasteiger partial charge is 0.444 e. The predicted octanol–water partition coefficient (Wildman–Crippen LogP) is 3.34. The van der Waals surface area contributed by atoms with E-state index in [2.05, 4.69) is 27.1 Å². The van der Waals surface area contributed by atoms with Crippen molar-refractivity contribution < 1.29 is 9.15 Å². The van der Waals surface area contributed by atoms with Crippen LogP contribution in [-0.4, -0.2) is 28.8 Å². The molecule has 22 heavy (non-hydrogen) atoms. The van der Waals surface area contributed by atoms with Crippen LogP contribution in [0.3, 0.4) is 0 Å². The second-order valence-electron chi connectivity index (χ2n) is 4.68. The molecule has 0 amide bonds. The molecule has 1 aromatic carbocycles. The first-order valence-electron chi connectivity index (χ1n) is 6.65. The van der Waals surface area contributed by atoms with E-state index in [-0.39, 0.29) is 0 Å². The lowest BCUT2D eigenvalue weighted by Gasteiger charge is -2.30. The van der Waals surface area contributed by atoms with Gasteiger partial charge in [0.2, 0.25) is 0 Å². The summed E-state index contributed by atoms with van der Waals surface area (Å²) in [5.41, 5.74) is 1.99. The van der Waals surface area contributed by atoms with Crippen LogP contribution in [0.4, 0.5) is 11.5 Å². The van der Waals surface area contributed by atoms with Crippen LogP contribution in [0, 0.1) is 0 Å². The number of aromatic nitrogens is 3. The summed E-state index contributed by atoms with van der Waals surface area (Å²) in [4.78, 5) is 15.9. The monoisotopic (exact) mass is 312 g/mol.